The molecule has 1 N–H and O–H groups in total. The molecule has 0 saturated heterocycles. The highest BCUT2D eigenvalue weighted by atomic mass is 19.1. The number of anilines is 1. The maximum Gasteiger partial charge on any atom is 0.237 e. The Morgan fingerprint density at radius 2 is 1.95 bits per heavy atom. The number of benzene rings is 1. The summed E-state index contributed by atoms with van der Waals surface area (Å²) in [4.78, 5) is 0. The lowest BCUT2D eigenvalue weighted by atomic mass is 10.1. The zero-order valence-corrected chi connectivity index (χ0v) is 10.3. The van der Waals surface area contributed by atoms with E-state index in [0.29, 0.717) is 0 Å². The van der Waals surface area contributed by atoms with E-state index in [1.165, 1.54) is 32.4 Å². The molecule has 0 heterocycles. The van der Waals surface area contributed by atoms with E-state index in [9.17, 15) is 4.39 Å². The number of nitriles is 2. The van der Waals surface area contributed by atoms with E-state index >= 15 is 0 Å². The average molecular weight is 262 g/mol. The number of rotatable bonds is 5. The number of halogens is 1. The van der Waals surface area contributed by atoms with Crippen LogP contribution in [-0.2, 0) is 9.47 Å². The molecule has 0 unspecified atom stereocenters. The summed E-state index contributed by atoms with van der Waals surface area (Å²) in [6.45, 7) is 0. The van der Waals surface area contributed by atoms with Crippen LogP contribution in [0, 0.1) is 28.5 Å². The Morgan fingerprint density at radius 3 is 2.47 bits per heavy atom. The molecule has 98 valence electrons. The molecule has 1 aromatic rings. The minimum absolute atomic E-state index is 0.103. The van der Waals surface area contributed by atoms with Crippen LogP contribution in [0.2, 0.25) is 0 Å². The van der Waals surface area contributed by atoms with E-state index in [4.69, 9.17) is 20.0 Å². The summed E-state index contributed by atoms with van der Waals surface area (Å²) in [5, 5.41) is 20.7. The van der Waals surface area contributed by atoms with Crippen molar-refractivity contribution in [3.8, 4) is 12.1 Å². The van der Waals surface area contributed by atoms with Gasteiger partial charge in [-0.3, -0.25) is 5.43 Å². The molecule has 7 heteroatoms. The largest absolute Gasteiger partial charge is 0.351 e. The zero-order chi connectivity index (χ0) is 14.3. The third-order valence-electron chi connectivity index (χ3n) is 2.22. The highest BCUT2D eigenvalue weighted by molar-refractivity contribution is 6.10. The van der Waals surface area contributed by atoms with E-state index in [0.717, 1.165) is 0 Å². The van der Waals surface area contributed by atoms with E-state index in [2.05, 4.69) is 10.5 Å². The van der Waals surface area contributed by atoms with Gasteiger partial charge < -0.3 is 9.47 Å². The second-order valence-electron chi connectivity index (χ2n) is 3.30. The summed E-state index contributed by atoms with van der Waals surface area (Å²) >= 11 is 0. The number of hydrazone groups is 1. The van der Waals surface area contributed by atoms with Crippen LogP contribution in [0.5, 0.6) is 0 Å². The number of hydrogen-bond acceptors (Lipinski definition) is 6. The van der Waals surface area contributed by atoms with Crippen molar-refractivity contribution < 1.29 is 13.9 Å². The molecule has 1 rings (SSSR count). The van der Waals surface area contributed by atoms with E-state index in [-0.39, 0.29) is 17.0 Å². The Morgan fingerprint density at radius 1 is 1.32 bits per heavy atom. The molecule has 0 atom stereocenters. The molecule has 19 heavy (non-hydrogen) atoms. The highest BCUT2D eigenvalue weighted by Gasteiger charge is 2.18. The summed E-state index contributed by atoms with van der Waals surface area (Å²) < 4.78 is 23.8. The van der Waals surface area contributed by atoms with Crippen LogP contribution >= 0.6 is 0 Å². The molecule has 0 aromatic heterocycles. The summed E-state index contributed by atoms with van der Waals surface area (Å²) in [5.74, 6) is -0.552. The number of ether oxygens (including phenoxy) is 2. The van der Waals surface area contributed by atoms with E-state index in [1.54, 1.807) is 12.1 Å². The molecule has 0 aliphatic rings. The van der Waals surface area contributed by atoms with Gasteiger partial charge in [-0.05, 0) is 12.1 Å². The van der Waals surface area contributed by atoms with Crippen LogP contribution in [-0.4, -0.2) is 19.9 Å². The van der Waals surface area contributed by atoms with Gasteiger partial charge in [-0.1, -0.05) is 6.07 Å². The molecule has 0 fully saturated rings. The highest BCUT2D eigenvalue weighted by Crippen LogP contribution is 2.28. The van der Waals surface area contributed by atoms with Crippen LogP contribution in [0.15, 0.2) is 23.3 Å². The molecule has 0 amide bonds. The van der Waals surface area contributed by atoms with E-state index < -0.39 is 12.1 Å². The van der Waals surface area contributed by atoms with Crippen molar-refractivity contribution in [1.82, 2.24) is 0 Å². The average Bonchev–Trinajstić information content (AvgIpc) is 2.43. The number of nitrogens with one attached hydrogen (secondary N) is 1. The standard InChI is InChI=1S/C12H11FN4O2/c1-18-12(19-2)11-9(13)4-3-5-10(11)17-16-8(6-14)7-15/h3-5,12,17H,1-2H3. The summed E-state index contributed by atoms with van der Waals surface area (Å²) in [7, 11) is 2.73. The van der Waals surface area contributed by atoms with Crippen LogP contribution < -0.4 is 5.43 Å². The molecule has 6 nitrogen and oxygen atoms in total. The first kappa shape index (κ1) is 14.6. The summed E-state index contributed by atoms with van der Waals surface area (Å²) in [6, 6.07) is 7.39. The Bertz CT molecular complexity index is 540. The van der Waals surface area contributed by atoms with Crippen molar-refractivity contribution in [3.63, 3.8) is 0 Å². The third kappa shape index (κ3) is 3.49. The fourth-order valence-electron chi connectivity index (χ4n) is 1.40. The number of nitrogens with zero attached hydrogens (tertiary/aromatic N) is 3. The molecular formula is C12H11FN4O2. The topological polar surface area (TPSA) is 90.4 Å². The number of hydrogen-bond donors (Lipinski definition) is 1. The lowest BCUT2D eigenvalue weighted by molar-refractivity contribution is -0.107. The van der Waals surface area contributed by atoms with Gasteiger partial charge in [0.1, 0.15) is 18.0 Å². The lowest BCUT2D eigenvalue weighted by Gasteiger charge is -2.17. The van der Waals surface area contributed by atoms with Gasteiger partial charge in [-0.25, -0.2) is 4.39 Å². The fourth-order valence-corrected chi connectivity index (χ4v) is 1.40. The second kappa shape index (κ2) is 7.07. The van der Waals surface area contributed by atoms with Crippen LogP contribution in [0.3, 0.4) is 0 Å². The van der Waals surface area contributed by atoms with E-state index in [1.807, 2.05) is 0 Å². The molecule has 0 bridgehead atoms. The Balaban J connectivity index is 3.16. The van der Waals surface area contributed by atoms with Crippen molar-refractivity contribution in [2.24, 2.45) is 5.10 Å². The SMILES string of the molecule is COC(OC)c1c(F)cccc1NN=C(C#N)C#N. The van der Waals surface area contributed by atoms with Crippen molar-refractivity contribution in [2.75, 3.05) is 19.6 Å². The van der Waals surface area contributed by atoms with Crippen molar-refractivity contribution in [1.29, 1.82) is 10.5 Å². The quantitative estimate of drug-likeness (QED) is 0.497. The molecule has 0 aliphatic carbocycles. The zero-order valence-electron chi connectivity index (χ0n) is 10.3. The predicted molar refractivity (Wildman–Crippen MR) is 65.4 cm³/mol. The minimum Gasteiger partial charge on any atom is -0.351 e. The normalized spacial score (nSPS) is 9.58. The van der Waals surface area contributed by atoms with Crippen LogP contribution in [0.25, 0.3) is 0 Å². The van der Waals surface area contributed by atoms with Gasteiger partial charge in [0.2, 0.25) is 5.71 Å². The second-order valence-corrected chi connectivity index (χ2v) is 3.30. The van der Waals surface area contributed by atoms with Gasteiger partial charge in [0, 0.05) is 14.2 Å². The van der Waals surface area contributed by atoms with Gasteiger partial charge in [0.25, 0.3) is 0 Å². The Hall–Kier alpha value is -2.48. The predicted octanol–water partition coefficient (Wildman–Crippen LogP) is 1.93. The smallest absolute Gasteiger partial charge is 0.237 e. The molecule has 0 aliphatic heterocycles. The molecule has 0 spiro atoms. The summed E-state index contributed by atoms with van der Waals surface area (Å²) in [5.41, 5.74) is 2.42. The minimum atomic E-state index is -0.925. The van der Waals surface area contributed by atoms with Crippen molar-refractivity contribution in [2.45, 2.75) is 6.29 Å². The summed E-state index contributed by atoms with van der Waals surface area (Å²) in [6.07, 6.45) is -0.925. The molecular weight excluding hydrogens is 251 g/mol. The third-order valence-corrected chi connectivity index (χ3v) is 2.22. The molecule has 1 aromatic carbocycles. The maximum absolute atomic E-state index is 13.8. The lowest BCUT2D eigenvalue weighted by Crippen LogP contribution is -2.10. The van der Waals surface area contributed by atoms with Crippen LogP contribution in [0.1, 0.15) is 11.9 Å². The van der Waals surface area contributed by atoms with Crippen molar-refractivity contribution in [3.05, 3.63) is 29.6 Å². The Labute approximate surface area is 109 Å². The van der Waals surface area contributed by atoms with Gasteiger partial charge in [0.15, 0.2) is 6.29 Å². The Kier molecular flexibility index (Phi) is 5.42. The van der Waals surface area contributed by atoms with Gasteiger partial charge in [0.05, 0.1) is 11.3 Å². The molecule has 0 saturated carbocycles. The van der Waals surface area contributed by atoms with Gasteiger partial charge in [-0.15, -0.1) is 0 Å². The maximum atomic E-state index is 13.8. The first-order chi connectivity index (χ1) is 9.17. The van der Waals surface area contributed by atoms with Gasteiger partial charge >= 0.3 is 0 Å². The van der Waals surface area contributed by atoms with Gasteiger partial charge in [-0.2, -0.15) is 15.6 Å². The van der Waals surface area contributed by atoms with Crippen molar-refractivity contribution >= 4 is 11.4 Å². The molecule has 0 radical (unpaired) electrons. The van der Waals surface area contributed by atoms with Crippen LogP contribution in [0.4, 0.5) is 10.1 Å². The monoisotopic (exact) mass is 262 g/mol. The fraction of sp³-hybridized carbons (Fsp3) is 0.250. The first-order valence-corrected chi connectivity index (χ1v) is 5.15. The number of methoxy groups -OCH3 is 2. The first-order valence-electron chi connectivity index (χ1n) is 5.15.